The zero-order valence-electron chi connectivity index (χ0n) is 10.0. The highest BCUT2D eigenvalue weighted by atomic mass is 35.5. The maximum absolute atomic E-state index is 12.1. The van der Waals surface area contributed by atoms with Gasteiger partial charge in [0, 0.05) is 12.7 Å². The molecular weight excluding hydrogens is 254 g/mol. The highest BCUT2D eigenvalue weighted by Crippen LogP contribution is 2.35. The number of fused-ring (bicyclic) bond motifs is 2. The molecule has 5 nitrogen and oxygen atoms in total. The molecule has 1 amide bonds. The quantitative estimate of drug-likeness (QED) is 0.838. The minimum absolute atomic E-state index is 0.0150. The molecule has 2 aliphatic heterocycles. The van der Waals surface area contributed by atoms with E-state index in [0.29, 0.717) is 23.9 Å². The van der Waals surface area contributed by atoms with E-state index in [0.717, 1.165) is 12.4 Å². The van der Waals surface area contributed by atoms with Gasteiger partial charge in [-0.25, -0.2) is 4.98 Å². The van der Waals surface area contributed by atoms with Crippen LogP contribution in [0.1, 0.15) is 6.92 Å². The van der Waals surface area contributed by atoms with Gasteiger partial charge in [-0.05, 0) is 13.0 Å². The molecule has 18 heavy (non-hydrogen) atoms. The van der Waals surface area contributed by atoms with E-state index in [1.54, 1.807) is 12.3 Å². The molecule has 1 fully saturated rings. The van der Waals surface area contributed by atoms with Gasteiger partial charge < -0.3 is 15.0 Å². The molecule has 6 heteroatoms. The highest BCUT2D eigenvalue weighted by Gasteiger charge is 2.41. The molecule has 3 heterocycles. The summed E-state index contributed by atoms with van der Waals surface area (Å²) in [7, 11) is 0. The van der Waals surface area contributed by atoms with Crippen molar-refractivity contribution in [2.45, 2.75) is 13.0 Å². The van der Waals surface area contributed by atoms with Gasteiger partial charge in [-0.2, -0.15) is 0 Å². The number of anilines is 2. The second-order valence-electron chi connectivity index (χ2n) is 4.51. The second kappa shape index (κ2) is 4.40. The third kappa shape index (κ3) is 1.74. The maximum Gasteiger partial charge on any atom is 0.232 e. The zero-order chi connectivity index (χ0) is 12.7. The van der Waals surface area contributed by atoms with Crippen LogP contribution in [-0.4, -0.2) is 36.7 Å². The first-order chi connectivity index (χ1) is 8.70. The number of ether oxygens (including phenoxy) is 1. The average Bonchev–Trinajstić information content (AvgIpc) is 2.78. The lowest BCUT2D eigenvalue weighted by atomic mass is 10.0. The topological polar surface area (TPSA) is 54.5 Å². The van der Waals surface area contributed by atoms with Gasteiger partial charge in [0.25, 0.3) is 0 Å². The first-order valence-corrected chi connectivity index (χ1v) is 6.39. The Bertz CT molecular complexity index is 494. The van der Waals surface area contributed by atoms with Gasteiger partial charge in [0.15, 0.2) is 5.82 Å². The van der Waals surface area contributed by atoms with Crippen LogP contribution in [0.3, 0.4) is 0 Å². The fourth-order valence-corrected chi connectivity index (χ4v) is 2.78. The number of likely N-dealkylation sites (N-methyl/N-ethyl adjacent to an activating group) is 1. The van der Waals surface area contributed by atoms with E-state index < -0.39 is 0 Å². The molecule has 96 valence electrons. The number of hydrogen-bond acceptors (Lipinski definition) is 4. The summed E-state index contributed by atoms with van der Waals surface area (Å²) < 4.78 is 5.43. The lowest BCUT2D eigenvalue weighted by Gasteiger charge is -2.28. The van der Waals surface area contributed by atoms with Crippen molar-refractivity contribution < 1.29 is 9.53 Å². The van der Waals surface area contributed by atoms with Gasteiger partial charge in [-0.15, -0.1) is 0 Å². The van der Waals surface area contributed by atoms with Crippen LogP contribution in [0.4, 0.5) is 11.5 Å². The fourth-order valence-electron chi connectivity index (χ4n) is 2.62. The molecule has 0 spiro atoms. The highest BCUT2D eigenvalue weighted by molar-refractivity contribution is 6.31. The molecule has 1 N–H and O–H groups in total. The number of nitrogens with zero attached hydrogens (tertiary/aromatic N) is 2. The number of hydrogen-bond donors (Lipinski definition) is 1. The van der Waals surface area contributed by atoms with Crippen molar-refractivity contribution in [3.8, 4) is 0 Å². The monoisotopic (exact) mass is 267 g/mol. The van der Waals surface area contributed by atoms with E-state index in [1.807, 2.05) is 6.92 Å². The molecule has 0 aromatic carbocycles. The second-order valence-corrected chi connectivity index (χ2v) is 4.95. The third-order valence-electron chi connectivity index (χ3n) is 3.49. The van der Waals surface area contributed by atoms with Gasteiger partial charge in [-0.3, -0.25) is 4.79 Å². The Kier molecular flexibility index (Phi) is 2.87. The van der Waals surface area contributed by atoms with Crippen LogP contribution in [0, 0.1) is 5.92 Å². The molecular formula is C12H14ClN3O2. The molecule has 0 bridgehead atoms. The van der Waals surface area contributed by atoms with E-state index in [2.05, 4.69) is 15.2 Å². The Morgan fingerprint density at radius 3 is 3.22 bits per heavy atom. The molecule has 1 aromatic heterocycles. The summed E-state index contributed by atoms with van der Waals surface area (Å²) in [5.74, 6) is 0.616. The van der Waals surface area contributed by atoms with Crippen molar-refractivity contribution in [1.29, 1.82) is 0 Å². The number of rotatable bonds is 1. The first-order valence-electron chi connectivity index (χ1n) is 6.01. The maximum atomic E-state index is 12.1. The largest absolute Gasteiger partial charge is 0.378 e. The van der Waals surface area contributed by atoms with Crippen molar-refractivity contribution in [3.63, 3.8) is 0 Å². The number of pyridine rings is 1. The minimum atomic E-state index is -0.141. The Balaban J connectivity index is 2.09. The summed E-state index contributed by atoms with van der Waals surface area (Å²) in [6.07, 6.45) is 1.60. The van der Waals surface area contributed by atoms with E-state index in [9.17, 15) is 4.79 Å². The van der Waals surface area contributed by atoms with Crippen LogP contribution < -0.4 is 10.2 Å². The summed E-state index contributed by atoms with van der Waals surface area (Å²) in [6, 6.07) is 1.80. The van der Waals surface area contributed by atoms with Crippen molar-refractivity contribution in [1.82, 2.24) is 4.98 Å². The number of aromatic nitrogens is 1. The Morgan fingerprint density at radius 1 is 1.61 bits per heavy atom. The minimum Gasteiger partial charge on any atom is -0.378 e. The average molecular weight is 268 g/mol. The zero-order valence-corrected chi connectivity index (χ0v) is 10.8. The van der Waals surface area contributed by atoms with Crippen molar-refractivity contribution >= 4 is 29.0 Å². The number of carbonyl (C=O) groups excluding carboxylic acids is 1. The summed E-state index contributed by atoms with van der Waals surface area (Å²) >= 11 is 5.93. The summed E-state index contributed by atoms with van der Waals surface area (Å²) in [5, 5.41) is 3.41. The number of nitrogens with one attached hydrogen (secondary N) is 1. The fraction of sp³-hybridized carbons (Fsp3) is 0.500. The van der Waals surface area contributed by atoms with Gasteiger partial charge >= 0.3 is 0 Å². The van der Waals surface area contributed by atoms with Gasteiger partial charge in [0.1, 0.15) is 0 Å². The predicted molar refractivity (Wildman–Crippen MR) is 69.0 cm³/mol. The predicted octanol–water partition coefficient (Wildman–Crippen LogP) is 1.53. The summed E-state index contributed by atoms with van der Waals surface area (Å²) in [6.45, 7) is 3.86. The van der Waals surface area contributed by atoms with Crippen LogP contribution in [0.25, 0.3) is 0 Å². The Labute approximate surface area is 110 Å². The van der Waals surface area contributed by atoms with E-state index >= 15 is 0 Å². The summed E-state index contributed by atoms with van der Waals surface area (Å²) in [5.41, 5.74) is 0.684. The Hall–Kier alpha value is -1.33. The molecule has 0 radical (unpaired) electrons. The molecule has 2 atom stereocenters. The van der Waals surface area contributed by atoms with Crippen molar-refractivity contribution in [2.75, 3.05) is 30.0 Å². The lowest BCUT2D eigenvalue weighted by molar-refractivity contribution is -0.120. The number of carbonyl (C=O) groups is 1. The van der Waals surface area contributed by atoms with Crippen LogP contribution in [-0.2, 0) is 9.53 Å². The molecule has 3 rings (SSSR count). The van der Waals surface area contributed by atoms with Crippen LogP contribution in [0.2, 0.25) is 5.02 Å². The smallest absolute Gasteiger partial charge is 0.232 e. The lowest BCUT2D eigenvalue weighted by Crippen LogP contribution is -2.42. The van der Waals surface area contributed by atoms with Crippen LogP contribution >= 0.6 is 11.6 Å². The summed E-state index contributed by atoms with van der Waals surface area (Å²) in [4.78, 5) is 18.6. The van der Waals surface area contributed by atoms with Crippen molar-refractivity contribution in [2.24, 2.45) is 5.92 Å². The molecule has 2 aliphatic rings. The Morgan fingerprint density at radius 2 is 2.44 bits per heavy atom. The first kappa shape index (κ1) is 11.7. The number of halogens is 1. The van der Waals surface area contributed by atoms with Crippen LogP contribution in [0.15, 0.2) is 12.3 Å². The van der Waals surface area contributed by atoms with E-state index in [1.165, 1.54) is 0 Å². The normalized spacial score (nSPS) is 26.3. The molecule has 0 saturated carbocycles. The van der Waals surface area contributed by atoms with Gasteiger partial charge in [0.2, 0.25) is 5.91 Å². The third-order valence-corrected chi connectivity index (χ3v) is 3.70. The van der Waals surface area contributed by atoms with Crippen molar-refractivity contribution in [3.05, 3.63) is 17.3 Å². The van der Waals surface area contributed by atoms with Gasteiger partial charge in [0.05, 0.1) is 35.9 Å². The molecule has 0 aliphatic carbocycles. The van der Waals surface area contributed by atoms with E-state index in [4.69, 9.17) is 16.3 Å². The molecule has 1 aromatic rings. The number of amides is 1. The standard InChI is InChI=1S/C12H14ClN3O2/c1-2-16-10-6-18-5-8(10)12(17)15-9-3-7(13)4-14-11(9)16/h3-4,8,10H,2,5-6H2,1H3,(H,15,17). The van der Waals surface area contributed by atoms with Gasteiger partial charge in [-0.1, -0.05) is 11.6 Å². The molecule has 2 unspecified atom stereocenters. The van der Waals surface area contributed by atoms with E-state index in [-0.39, 0.29) is 17.9 Å². The SMILES string of the molecule is CCN1c2ncc(Cl)cc2NC(=O)C2COCC21. The molecule has 1 saturated heterocycles. The van der Waals surface area contributed by atoms with Crippen LogP contribution in [0.5, 0.6) is 0 Å².